The first-order valence-electron chi connectivity index (χ1n) is 13.4. The van der Waals surface area contributed by atoms with Gasteiger partial charge in [-0.2, -0.15) is 0 Å². The van der Waals surface area contributed by atoms with E-state index in [4.69, 9.17) is 20.2 Å². The second-order valence-corrected chi connectivity index (χ2v) is 11.1. The third-order valence-electron chi connectivity index (χ3n) is 7.07. The van der Waals surface area contributed by atoms with Crippen molar-refractivity contribution in [2.45, 2.75) is 45.6 Å². The molecule has 1 amide bonds. The van der Waals surface area contributed by atoms with Crippen LogP contribution in [0.5, 0.6) is 11.5 Å². The van der Waals surface area contributed by atoms with Crippen LogP contribution in [0.2, 0.25) is 0 Å². The lowest BCUT2D eigenvalue weighted by Gasteiger charge is -2.32. The van der Waals surface area contributed by atoms with E-state index in [0.29, 0.717) is 33.6 Å². The van der Waals surface area contributed by atoms with E-state index in [9.17, 15) is 4.79 Å². The smallest absolute Gasteiger partial charge is 0.259 e. The van der Waals surface area contributed by atoms with Crippen molar-refractivity contribution in [3.8, 4) is 22.6 Å². The number of rotatable bonds is 9. The number of ether oxygens (including phenoxy) is 2. The lowest BCUT2D eigenvalue weighted by atomic mass is 9.90. The number of nitrogens with zero attached hydrogens (tertiary/aromatic N) is 3. The Balaban J connectivity index is 1.53. The summed E-state index contributed by atoms with van der Waals surface area (Å²) in [5, 5.41) is 3.37. The molecule has 3 N–H and O–H groups in total. The van der Waals surface area contributed by atoms with Crippen LogP contribution in [0.25, 0.3) is 21.3 Å². The van der Waals surface area contributed by atoms with Gasteiger partial charge in [-0.3, -0.25) is 4.79 Å². The minimum absolute atomic E-state index is 0.00911. The molecule has 0 radical (unpaired) electrons. The van der Waals surface area contributed by atoms with Crippen molar-refractivity contribution < 1.29 is 14.3 Å². The molecule has 1 aliphatic heterocycles. The summed E-state index contributed by atoms with van der Waals surface area (Å²) in [4.78, 5) is 24.7. The number of carbonyl (C=O) groups excluding carboxylic acids is 1. The molecule has 1 aliphatic rings. The highest BCUT2D eigenvalue weighted by atomic mass is 32.1. The molecule has 1 saturated heterocycles. The molecule has 8 nitrogen and oxygen atoms in total. The number of amides is 1. The van der Waals surface area contributed by atoms with Gasteiger partial charge in [-0.1, -0.05) is 31.2 Å². The zero-order valence-corrected chi connectivity index (χ0v) is 23.7. The van der Waals surface area contributed by atoms with Gasteiger partial charge in [-0.05, 0) is 69.5 Å². The molecule has 2 aromatic carbocycles. The summed E-state index contributed by atoms with van der Waals surface area (Å²) >= 11 is 1.28. The Morgan fingerprint density at radius 2 is 2.05 bits per heavy atom. The van der Waals surface area contributed by atoms with Gasteiger partial charge in [0, 0.05) is 17.7 Å². The first kappa shape index (κ1) is 26.9. The average molecular weight is 546 g/mol. The average Bonchev–Trinajstić information content (AvgIpc) is 3.32. The van der Waals surface area contributed by atoms with Gasteiger partial charge in [-0.15, -0.1) is 11.3 Å². The molecule has 1 unspecified atom stereocenters. The summed E-state index contributed by atoms with van der Waals surface area (Å²) in [5.41, 5.74) is 9.90. The molecule has 3 heterocycles. The topological polar surface area (TPSA) is 103 Å². The lowest BCUT2D eigenvalue weighted by molar-refractivity contribution is 0.100. The third-order valence-corrected chi connectivity index (χ3v) is 8.20. The number of likely N-dealkylation sites (N-methyl/N-ethyl adjacent to an activating group) is 1. The van der Waals surface area contributed by atoms with E-state index in [-0.39, 0.29) is 6.10 Å². The Labute approximate surface area is 233 Å². The zero-order valence-electron chi connectivity index (χ0n) is 22.9. The monoisotopic (exact) mass is 545 g/mol. The summed E-state index contributed by atoms with van der Waals surface area (Å²) < 4.78 is 12.6. The van der Waals surface area contributed by atoms with Crippen molar-refractivity contribution in [2.24, 2.45) is 5.73 Å². The molecule has 39 heavy (non-hydrogen) atoms. The largest absolute Gasteiger partial charge is 0.496 e. The molecule has 1 atom stereocenters. The molecular formula is C30H35N5O3S. The number of benzene rings is 2. The van der Waals surface area contributed by atoms with Gasteiger partial charge in [0.1, 0.15) is 16.4 Å². The second kappa shape index (κ2) is 11.6. The molecule has 9 heteroatoms. The fourth-order valence-corrected chi connectivity index (χ4v) is 6.19. The number of methoxy groups -OCH3 is 1. The van der Waals surface area contributed by atoms with Crippen molar-refractivity contribution in [3.63, 3.8) is 0 Å². The molecule has 0 saturated carbocycles. The summed E-state index contributed by atoms with van der Waals surface area (Å²) in [7, 11) is 1.60. The van der Waals surface area contributed by atoms with Crippen molar-refractivity contribution >= 4 is 39.1 Å². The van der Waals surface area contributed by atoms with Crippen LogP contribution in [0.4, 0.5) is 11.6 Å². The maximum Gasteiger partial charge on any atom is 0.259 e. The van der Waals surface area contributed by atoms with Crippen LogP contribution >= 0.6 is 11.3 Å². The van der Waals surface area contributed by atoms with E-state index < -0.39 is 5.91 Å². The predicted molar refractivity (Wildman–Crippen MR) is 157 cm³/mol. The van der Waals surface area contributed by atoms with Crippen molar-refractivity contribution in [2.75, 3.05) is 32.1 Å². The number of thiophene rings is 1. The van der Waals surface area contributed by atoms with Gasteiger partial charge in [0.15, 0.2) is 0 Å². The summed E-state index contributed by atoms with van der Waals surface area (Å²) in [6, 6.07) is 13.9. The number of para-hydroxylation sites is 1. The van der Waals surface area contributed by atoms with Gasteiger partial charge in [-0.25, -0.2) is 9.97 Å². The number of aromatic nitrogens is 2. The number of anilines is 2. The first-order chi connectivity index (χ1) is 18.9. The quantitative estimate of drug-likeness (QED) is 0.258. The summed E-state index contributed by atoms with van der Waals surface area (Å²) in [6.45, 7) is 9.57. The number of primary amides is 1. The van der Waals surface area contributed by atoms with E-state index in [1.165, 1.54) is 36.3 Å². The normalized spacial score (nSPS) is 16.0. The Bertz CT molecular complexity index is 1480. The number of piperidine rings is 1. The van der Waals surface area contributed by atoms with Gasteiger partial charge >= 0.3 is 0 Å². The maximum absolute atomic E-state index is 12.4. The molecular weight excluding hydrogens is 510 g/mol. The molecule has 2 aromatic heterocycles. The van der Waals surface area contributed by atoms with Crippen LogP contribution in [0.1, 0.15) is 54.8 Å². The van der Waals surface area contributed by atoms with Crippen LogP contribution in [0, 0.1) is 0 Å². The Morgan fingerprint density at radius 3 is 2.79 bits per heavy atom. The van der Waals surface area contributed by atoms with Crippen molar-refractivity contribution in [3.05, 3.63) is 59.1 Å². The molecule has 204 valence electrons. The lowest BCUT2D eigenvalue weighted by Crippen LogP contribution is -2.34. The van der Waals surface area contributed by atoms with E-state index in [0.717, 1.165) is 34.8 Å². The van der Waals surface area contributed by atoms with Crippen molar-refractivity contribution in [1.29, 1.82) is 0 Å². The van der Waals surface area contributed by atoms with E-state index in [1.807, 2.05) is 38.1 Å². The molecule has 4 aromatic rings. The third kappa shape index (κ3) is 5.69. The van der Waals surface area contributed by atoms with Gasteiger partial charge in [0.05, 0.1) is 35.3 Å². The second-order valence-electron chi connectivity index (χ2n) is 10.1. The zero-order chi connectivity index (χ0) is 27.5. The maximum atomic E-state index is 12.4. The SMILES string of the molecule is CCN1CCCC(c2ccc(Nc3ncc4sc(C(N)=O)c(-c5ccccc5OC)c4n3)c(OC(C)C)c2)C1. The summed E-state index contributed by atoms with van der Waals surface area (Å²) in [6.07, 6.45) is 4.11. The number of carbonyl (C=O) groups is 1. The first-order valence-corrected chi connectivity index (χ1v) is 14.2. The van der Waals surface area contributed by atoms with E-state index >= 15 is 0 Å². The minimum Gasteiger partial charge on any atom is -0.496 e. The predicted octanol–water partition coefficient (Wildman–Crippen LogP) is 6.20. The Kier molecular flexibility index (Phi) is 7.99. The van der Waals surface area contributed by atoms with Crippen LogP contribution in [0.3, 0.4) is 0 Å². The highest BCUT2D eigenvalue weighted by molar-refractivity contribution is 7.21. The molecule has 0 bridgehead atoms. The Morgan fingerprint density at radius 1 is 1.23 bits per heavy atom. The molecule has 0 aliphatic carbocycles. The van der Waals surface area contributed by atoms with Gasteiger partial charge < -0.3 is 25.4 Å². The fourth-order valence-electron chi connectivity index (χ4n) is 5.21. The summed E-state index contributed by atoms with van der Waals surface area (Å²) in [5.74, 6) is 1.79. The number of hydrogen-bond acceptors (Lipinski definition) is 8. The fraction of sp³-hybridized carbons (Fsp3) is 0.367. The van der Waals surface area contributed by atoms with Crippen LogP contribution in [-0.2, 0) is 0 Å². The van der Waals surface area contributed by atoms with Crippen LogP contribution < -0.4 is 20.5 Å². The highest BCUT2D eigenvalue weighted by Gasteiger charge is 2.24. The number of nitrogens with one attached hydrogen (secondary N) is 1. The van der Waals surface area contributed by atoms with E-state index in [1.54, 1.807) is 13.3 Å². The number of hydrogen-bond donors (Lipinski definition) is 2. The standard InChI is InChI=1S/C30H35N5O3S/c1-5-35-14-8-9-20(17-35)19-12-13-22(24(15-19)38-18(2)3)33-30-32-16-25-27(34-30)26(28(39-25)29(31)36)21-10-6-7-11-23(21)37-4/h6-7,10-13,15-16,18,20H,5,8-9,14,17H2,1-4H3,(H2,31,36)(H,32,33,34). The van der Waals surface area contributed by atoms with E-state index in [2.05, 4.69) is 40.3 Å². The number of nitrogens with two attached hydrogens (primary N) is 1. The molecule has 0 spiro atoms. The van der Waals surface area contributed by atoms with Crippen molar-refractivity contribution in [1.82, 2.24) is 14.9 Å². The molecule has 1 fully saturated rings. The number of fused-ring (bicyclic) bond motifs is 1. The van der Waals surface area contributed by atoms with Gasteiger partial charge in [0.2, 0.25) is 5.95 Å². The number of likely N-dealkylation sites (tertiary alicyclic amines) is 1. The Hall–Kier alpha value is -3.69. The minimum atomic E-state index is -0.513. The van der Waals surface area contributed by atoms with Crippen LogP contribution in [0.15, 0.2) is 48.7 Å². The highest BCUT2D eigenvalue weighted by Crippen LogP contribution is 2.42. The van der Waals surface area contributed by atoms with Gasteiger partial charge in [0.25, 0.3) is 5.91 Å². The molecule has 5 rings (SSSR count). The van der Waals surface area contributed by atoms with Crippen LogP contribution in [-0.4, -0.2) is 53.6 Å².